The summed E-state index contributed by atoms with van der Waals surface area (Å²) in [6.45, 7) is 3.95. The van der Waals surface area contributed by atoms with E-state index in [1.807, 2.05) is 6.92 Å². The van der Waals surface area contributed by atoms with E-state index in [0.717, 1.165) is 25.1 Å². The standard InChI is InChI=1S/C11H18N4O/c1-8-6-13-15-11(8)14-10(16)5-9-3-2-4-12-7-9/h6,9,12H,2-5,7H2,1H3,(H2,13,14,15,16). The molecule has 2 rings (SSSR count). The van der Waals surface area contributed by atoms with E-state index in [1.54, 1.807) is 6.20 Å². The van der Waals surface area contributed by atoms with Crippen molar-refractivity contribution < 1.29 is 4.79 Å². The lowest BCUT2D eigenvalue weighted by Gasteiger charge is -2.21. The molecule has 5 heteroatoms. The van der Waals surface area contributed by atoms with Crippen molar-refractivity contribution in [3.8, 4) is 0 Å². The van der Waals surface area contributed by atoms with Crippen molar-refractivity contribution in [3.63, 3.8) is 0 Å². The molecule has 88 valence electrons. The maximum Gasteiger partial charge on any atom is 0.225 e. The molecule has 1 aromatic rings. The van der Waals surface area contributed by atoms with E-state index in [9.17, 15) is 4.79 Å². The number of carbonyl (C=O) groups is 1. The molecule has 1 atom stereocenters. The quantitative estimate of drug-likeness (QED) is 0.716. The van der Waals surface area contributed by atoms with Gasteiger partial charge in [0.25, 0.3) is 0 Å². The van der Waals surface area contributed by atoms with Crippen LogP contribution in [0.3, 0.4) is 0 Å². The normalized spacial score (nSPS) is 20.7. The van der Waals surface area contributed by atoms with Gasteiger partial charge in [-0.15, -0.1) is 0 Å². The first kappa shape index (κ1) is 11.1. The first-order chi connectivity index (χ1) is 7.75. The molecule has 0 bridgehead atoms. The summed E-state index contributed by atoms with van der Waals surface area (Å²) in [6, 6.07) is 0. The molecule has 1 fully saturated rings. The van der Waals surface area contributed by atoms with Crippen LogP contribution in [0, 0.1) is 12.8 Å². The summed E-state index contributed by atoms with van der Waals surface area (Å²) < 4.78 is 0. The van der Waals surface area contributed by atoms with Crippen LogP contribution in [0.2, 0.25) is 0 Å². The van der Waals surface area contributed by atoms with Gasteiger partial charge in [-0.1, -0.05) is 0 Å². The third kappa shape index (κ3) is 2.82. The summed E-state index contributed by atoms with van der Waals surface area (Å²) in [5, 5.41) is 12.8. The van der Waals surface area contributed by atoms with E-state index < -0.39 is 0 Å². The van der Waals surface area contributed by atoms with E-state index in [2.05, 4.69) is 20.8 Å². The van der Waals surface area contributed by atoms with Crippen LogP contribution in [0.15, 0.2) is 6.20 Å². The van der Waals surface area contributed by atoms with Crippen molar-refractivity contribution in [2.45, 2.75) is 26.2 Å². The second-order valence-electron chi connectivity index (χ2n) is 4.39. The fourth-order valence-corrected chi connectivity index (χ4v) is 2.02. The molecule has 0 saturated carbocycles. The monoisotopic (exact) mass is 222 g/mol. The predicted molar refractivity (Wildman–Crippen MR) is 62.2 cm³/mol. The van der Waals surface area contributed by atoms with Gasteiger partial charge in [-0.3, -0.25) is 9.89 Å². The van der Waals surface area contributed by atoms with Crippen molar-refractivity contribution >= 4 is 11.7 Å². The average molecular weight is 222 g/mol. The topological polar surface area (TPSA) is 69.8 Å². The molecule has 5 nitrogen and oxygen atoms in total. The number of nitrogens with one attached hydrogen (secondary N) is 3. The van der Waals surface area contributed by atoms with Crippen LogP contribution < -0.4 is 10.6 Å². The molecule has 3 N–H and O–H groups in total. The van der Waals surface area contributed by atoms with Crippen LogP contribution in [0.5, 0.6) is 0 Å². The zero-order valence-electron chi connectivity index (χ0n) is 9.55. The van der Waals surface area contributed by atoms with Crippen LogP contribution in [0.4, 0.5) is 5.82 Å². The third-order valence-corrected chi connectivity index (χ3v) is 2.97. The largest absolute Gasteiger partial charge is 0.316 e. The van der Waals surface area contributed by atoms with Crippen LogP contribution in [-0.2, 0) is 4.79 Å². The molecule has 1 unspecified atom stereocenters. The summed E-state index contributed by atoms with van der Waals surface area (Å²) in [6.07, 6.45) is 4.60. The number of amides is 1. The van der Waals surface area contributed by atoms with Gasteiger partial charge in [0.05, 0.1) is 6.20 Å². The molecule has 0 radical (unpaired) electrons. The van der Waals surface area contributed by atoms with Crippen molar-refractivity contribution in [2.24, 2.45) is 5.92 Å². The van der Waals surface area contributed by atoms with Gasteiger partial charge in [0.15, 0.2) is 0 Å². The summed E-state index contributed by atoms with van der Waals surface area (Å²) in [5.74, 6) is 1.26. The number of aromatic amines is 1. The van der Waals surface area contributed by atoms with Crippen molar-refractivity contribution in [2.75, 3.05) is 18.4 Å². The Morgan fingerprint density at radius 2 is 2.56 bits per heavy atom. The van der Waals surface area contributed by atoms with Gasteiger partial charge < -0.3 is 10.6 Å². The molecule has 1 amide bonds. The van der Waals surface area contributed by atoms with E-state index in [-0.39, 0.29) is 5.91 Å². The zero-order valence-corrected chi connectivity index (χ0v) is 9.55. The molecule has 0 aromatic carbocycles. The van der Waals surface area contributed by atoms with Crippen molar-refractivity contribution in [1.82, 2.24) is 15.5 Å². The SMILES string of the molecule is Cc1cn[nH]c1NC(=O)CC1CCCNC1. The first-order valence-corrected chi connectivity index (χ1v) is 5.76. The van der Waals surface area contributed by atoms with Crippen LogP contribution in [0.1, 0.15) is 24.8 Å². The minimum atomic E-state index is 0.0704. The Labute approximate surface area is 95.0 Å². The minimum absolute atomic E-state index is 0.0704. The summed E-state index contributed by atoms with van der Waals surface area (Å²) >= 11 is 0. The Morgan fingerprint density at radius 3 is 3.19 bits per heavy atom. The molecule has 16 heavy (non-hydrogen) atoms. The van der Waals surface area contributed by atoms with Gasteiger partial charge in [0, 0.05) is 12.0 Å². The van der Waals surface area contributed by atoms with Gasteiger partial charge in [-0.25, -0.2) is 0 Å². The summed E-state index contributed by atoms with van der Waals surface area (Å²) in [5.41, 5.74) is 0.968. The lowest BCUT2D eigenvalue weighted by molar-refractivity contribution is -0.117. The molecular weight excluding hydrogens is 204 g/mol. The summed E-state index contributed by atoms with van der Waals surface area (Å²) in [7, 11) is 0. The molecule has 1 aromatic heterocycles. The second kappa shape index (κ2) is 5.12. The smallest absolute Gasteiger partial charge is 0.225 e. The first-order valence-electron chi connectivity index (χ1n) is 5.76. The molecule has 0 aliphatic carbocycles. The minimum Gasteiger partial charge on any atom is -0.316 e. The van der Waals surface area contributed by atoms with Crippen LogP contribution in [0.25, 0.3) is 0 Å². The van der Waals surface area contributed by atoms with Gasteiger partial charge in [0.2, 0.25) is 5.91 Å². The highest BCUT2D eigenvalue weighted by Crippen LogP contribution is 2.15. The average Bonchev–Trinajstić information content (AvgIpc) is 2.66. The summed E-state index contributed by atoms with van der Waals surface area (Å²) in [4.78, 5) is 11.7. The third-order valence-electron chi connectivity index (χ3n) is 2.97. The maximum atomic E-state index is 11.7. The molecule has 1 saturated heterocycles. The molecule has 1 aliphatic rings. The van der Waals surface area contributed by atoms with Gasteiger partial charge >= 0.3 is 0 Å². The Bertz CT molecular complexity index is 355. The van der Waals surface area contributed by atoms with Gasteiger partial charge in [-0.2, -0.15) is 5.10 Å². The predicted octanol–water partition coefficient (Wildman–Crippen LogP) is 1.05. The number of piperidine rings is 1. The highest BCUT2D eigenvalue weighted by Gasteiger charge is 2.17. The zero-order chi connectivity index (χ0) is 11.4. The van der Waals surface area contributed by atoms with Gasteiger partial charge in [0.1, 0.15) is 5.82 Å². The molecule has 2 heterocycles. The van der Waals surface area contributed by atoms with Gasteiger partial charge in [-0.05, 0) is 38.8 Å². The molecule has 0 spiro atoms. The number of rotatable bonds is 3. The van der Waals surface area contributed by atoms with E-state index >= 15 is 0 Å². The van der Waals surface area contributed by atoms with E-state index in [0.29, 0.717) is 18.2 Å². The Balaban J connectivity index is 1.82. The van der Waals surface area contributed by atoms with E-state index in [1.165, 1.54) is 6.42 Å². The van der Waals surface area contributed by atoms with Crippen molar-refractivity contribution in [1.29, 1.82) is 0 Å². The molecule has 1 aliphatic heterocycles. The number of H-pyrrole nitrogens is 1. The lowest BCUT2D eigenvalue weighted by Crippen LogP contribution is -2.32. The number of anilines is 1. The Hall–Kier alpha value is -1.36. The van der Waals surface area contributed by atoms with Crippen LogP contribution >= 0.6 is 0 Å². The Morgan fingerprint density at radius 1 is 1.69 bits per heavy atom. The van der Waals surface area contributed by atoms with E-state index in [4.69, 9.17) is 0 Å². The maximum absolute atomic E-state index is 11.7. The van der Waals surface area contributed by atoms with Crippen LogP contribution in [-0.4, -0.2) is 29.2 Å². The fraction of sp³-hybridized carbons (Fsp3) is 0.636. The molecular formula is C11H18N4O. The highest BCUT2D eigenvalue weighted by atomic mass is 16.1. The number of hydrogen-bond acceptors (Lipinski definition) is 3. The number of aryl methyl sites for hydroxylation is 1. The second-order valence-corrected chi connectivity index (χ2v) is 4.39. The fourth-order valence-electron chi connectivity index (χ4n) is 2.02. The number of hydrogen-bond donors (Lipinski definition) is 3. The highest BCUT2D eigenvalue weighted by molar-refractivity contribution is 5.90. The Kier molecular flexibility index (Phi) is 3.56. The number of carbonyl (C=O) groups excluding carboxylic acids is 1. The number of aromatic nitrogens is 2. The van der Waals surface area contributed by atoms with Crippen molar-refractivity contribution in [3.05, 3.63) is 11.8 Å². The lowest BCUT2D eigenvalue weighted by atomic mass is 9.96. The number of nitrogens with zero attached hydrogens (tertiary/aromatic N) is 1.